The Morgan fingerprint density at radius 2 is 2.00 bits per heavy atom. The lowest BCUT2D eigenvalue weighted by atomic mass is 10.1. The van der Waals surface area contributed by atoms with Crippen molar-refractivity contribution < 1.29 is 37.5 Å². The largest absolute Gasteiger partial charge is 0.493 e. The molecule has 0 aliphatic heterocycles. The minimum Gasteiger partial charge on any atom is -0.493 e. The summed E-state index contributed by atoms with van der Waals surface area (Å²) in [5.74, 6) is -0.769. The van der Waals surface area contributed by atoms with Gasteiger partial charge in [-0.05, 0) is 35.9 Å². The average molecular weight is 413 g/mol. The number of ether oxygens (including phenoxy) is 2. The molecule has 0 bridgehead atoms. The summed E-state index contributed by atoms with van der Waals surface area (Å²) >= 11 is 0. The number of rotatable bonds is 8. The van der Waals surface area contributed by atoms with Crippen LogP contribution in [0.15, 0.2) is 41.5 Å². The number of carboxylic acids is 1. The van der Waals surface area contributed by atoms with Crippen molar-refractivity contribution in [3.63, 3.8) is 0 Å². The molecule has 2 N–H and O–H groups in total. The van der Waals surface area contributed by atoms with Crippen LogP contribution in [0.1, 0.15) is 11.1 Å². The Kier molecular flexibility index (Phi) is 6.59. The Bertz CT molecular complexity index is 946. The van der Waals surface area contributed by atoms with E-state index in [1.54, 1.807) is 0 Å². The molecular weight excluding hydrogens is 399 g/mol. The van der Waals surface area contributed by atoms with Crippen LogP contribution in [0.3, 0.4) is 0 Å². The fourth-order valence-corrected chi connectivity index (χ4v) is 2.15. The highest BCUT2D eigenvalue weighted by Crippen LogP contribution is 2.35. The summed E-state index contributed by atoms with van der Waals surface area (Å²) in [5.41, 5.74) is 0.608. The number of halogens is 3. The van der Waals surface area contributed by atoms with E-state index in [-0.39, 0.29) is 17.2 Å². The molecule has 0 aliphatic rings. The smallest absolute Gasteiger partial charge is 0.416 e. The predicted octanol–water partition coefficient (Wildman–Crippen LogP) is 3.53. The van der Waals surface area contributed by atoms with Crippen LogP contribution in [-0.4, -0.2) is 35.9 Å². The lowest BCUT2D eigenvalue weighted by Gasteiger charge is -2.10. The van der Waals surface area contributed by atoms with Crippen LogP contribution < -0.4 is 14.9 Å². The van der Waals surface area contributed by atoms with Crippen molar-refractivity contribution >= 4 is 23.6 Å². The topological polar surface area (TPSA) is 123 Å². The Balaban J connectivity index is 2.19. The molecule has 2 aromatic carbocycles. The molecule has 0 fully saturated rings. The number of aliphatic carboxylic acids is 1. The van der Waals surface area contributed by atoms with Crippen LogP contribution in [0, 0.1) is 10.1 Å². The monoisotopic (exact) mass is 413 g/mol. The van der Waals surface area contributed by atoms with Crippen molar-refractivity contribution in [2.75, 3.05) is 19.1 Å². The van der Waals surface area contributed by atoms with Crippen molar-refractivity contribution in [3.8, 4) is 11.5 Å². The number of nitrogens with one attached hydrogen (secondary N) is 1. The van der Waals surface area contributed by atoms with Crippen LogP contribution in [0.2, 0.25) is 0 Å². The third kappa shape index (κ3) is 5.82. The van der Waals surface area contributed by atoms with Gasteiger partial charge >= 0.3 is 12.1 Å². The first-order valence-corrected chi connectivity index (χ1v) is 7.79. The van der Waals surface area contributed by atoms with Crippen molar-refractivity contribution in [2.45, 2.75) is 6.18 Å². The van der Waals surface area contributed by atoms with Gasteiger partial charge in [-0.1, -0.05) is 0 Å². The first kappa shape index (κ1) is 21.5. The number of nitrogens with zero attached hydrogens (tertiary/aromatic N) is 2. The number of hydrogen-bond donors (Lipinski definition) is 2. The molecule has 0 saturated carbocycles. The SMILES string of the molecule is COc1cc(/C=N\Nc2ccc(C(F)(F)F)cc2[N+](=O)[O-])ccc1OCC(=O)O. The van der Waals surface area contributed by atoms with Crippen molar-refractivity contribution in [3.05, 3.63) is 57.6 Å². The summed E-state index contributed by atoms with van der Waals surface area (Å²) in [6.45, 7) is -0.567. The van der Waals surface area contributed by atoms with E-state index in [1.807, 2.05) is 0 Å². The number of hydrogen-bond acceptors (Lipinski definition) is 7. The predicted molar refractivity (Wildman–Crippen MR) is 95.4 cm³/mol. The number of alkyl halides is 3. The molecule has 0 amide bonds. The summed E-state index contributed by atoms with van der Waals surface area (Å²) in [5, 5.41) is 23.4. The van der Waals surface area contributed by atoms with Crippen LogP contribution in [0.5, 0.6) is 11.5 Å². The Labute approximate surface area is 161 Å². The molecule has 12 heteroatoms. The Morgan fingerprint density at radius 3 is 2.59 bits per heavy atom. The lowest BCUT2D eigenvalue weighted by Crippen LogP contribution is -2.10. The number of nitro benzene ring substituents is 1. The van der Waals surface area contributed by atoms with E-state index in [4.69, 9.17) is 14.6 Å². The van der Waals surface area contributed by atoms with Crippen LogP contribution in [-0.2, 0) is 11.0 Å². The second-order valence-corrected chi connectivity index (χ2v) is 5.45. The van der Waals surface area contributed by atoms with Gasteiger partial charge in [0.25, 0.3) is 5.69 Å². The zero-order valence-corrected chi connectivity index (χ0v) is 14.8. The van der Waals surface area contributed by atoms with Gasteiger partial charge in [-0.25, -0.2) is 4.79 Å². The van der Waals surface area contributed by atoms with E-state index in [2.05, 4.69) is 10.5 Å². The number of nitro groups is 1. The van der Waals surface area contributed by atoms with E-state index >= 15 is 0 Å². The highest BCUT2D eigenvalue weighted by molar-refractivity contribution is 5.82. The van der Waals surface area contributed by atoms with Crippen LogP contribution in [0.4, 0.5) is 24.5 Å². The summed E-state index contributed by atoms with van der Waals surface area (Å²) in [6, 6.07) is 6.42. The quantitative estimate of drug-likeness (QED) is 0.385. The summed E-state index contributed by atoms with van der Waals surface area (Å²) < 4.78 is 48.3. The molecule has 0 atom stereocenters. The van der Waals surface area contributed by atoms with Gasteiger partial charge in [0, 0.05) is 6.07 Å². The molecule has 9 nitrogen and oxygen atoms in total. The normalized spacial score (nSPS) is 11.3. The van der Waals surface area contributed by atoms with Crippen molar-refractivity contribution in [2.24, 2.45) is 5.10 Å². The second kappa shape index (κ2) is 8.91. The molecule has 2 aromatic rings. The summed E-state index contributed by atoms with van der Waals surface area (Å²) in [7, 11) is 1.34. The molecule has 0 saturated heterocycles. The lowest BCUT2D eigenvalue weighted by molar-refractivity contribution is -0.384. The van der Waals surface area contributed by atoms with Crippen molar-refractivity contribution in [1.82, 2.24) is 0 Å². The number of methoxy groups -OCH3 is 1. The van der Waals surface area contributed by atoms with E-state index in [0.717, 1.165) is 6.07 Å². The summed E-state index contributed by atoms with van der Waals surface area (Å²) in [4.78, 5) is 20.6. The maximum atomic E-state index is 12.7. The molecular formula is C17H14F3N3O6. The van der Waals surface area contributed by atoms with Crippen molar-refractivity contribution in [1.29, 1.82) is 0 Å². The van der Waals surface area contributed by atoms with Crippen LogP contribution in [0.25, 0.3) is 0 Å². The van der Waals surface area contributed by atoms with Gasteiger partial charge in [-0.2, -0.15) is 18.3 Å². The Hall–Kier alpha value is -3.83. The second-order valence-electron chi connectivity index (χ2n) is 5.45. The van der Waals surface area contributed by atoms with Gasteiger partial charge < -0.3 is 14.6 Å². The zero-order valence-electron chi connectivity index (χ0n) is 14.8. The molecule has 154 valence electrons. The maximum absolute atomic E-state index is 12.7. The molecule has 0 aliphatic carbocycles. The van der Waals surface area contributed by atoms with Gasteiger partial charge in [0.05, 0.1) is 23.8 Å². The first-order chi connectivity index (χ1) is 13.6. The van der Waals surface area contributed by atoms with Gasteiger partial charge in [-0.15, -0.1) is 0 Å². The first-order valence-electron chi connectivity index (χ1n) is 7.79. The maximum Gasteiger partial charge on any atom is 0.416 e. The fourth-order valence-electron chi connectivity index (χ4n) is 2.15. The van der Waals surface area contributed by atoms with Crippen LogP contribution >= 0.6 is 0 Å². The standard InChI is InChI=1S/C17H14F3N3O6/c1-28-15-6-10(2-5-14(15)29-9-16(24)25)8-21-22-12-4-3-11(17(18,19)20)7-13(12)23(26)27/h2-8,22H,9H2,1H3,(H,24,25)/b21-8-. The number of hydrazone groups is 1. The van der Waals surface area contributed by atoms with E-state index < -0.39 is 34.9 Å². The van der Waals surface area contributed by atoms with E-state index in [9.17, 15) is 28.1 Å². The molecule has 0 unspecified atom stereocenters. The molecule has 2 rings (SSSR count). The number of benzene rings is 2. The molecule has 0 radical (unpaired) electrons. The third-order valence-corrected chi connectivity index (χ3v) is 3.46. The third-order valence-electron chi connectivity index (χ3n) is 3.46. The number of carboxylic acid groups (broad SMARTS) is 1. The molecule has 29 heavy (non-hydrogen) atoms. The van der Waals surface area contributed by atoms with Gasteiger partial charge in [0.2, 0.25) is 0 Å². The molecule has 0 heterocycles. The van der Waals surface area contributed by atoms with E-state index in [1.165, 1.54) is 31.5 Å². The Morgan fingerprint density at radius 1 is 1.28 bits per heavy atom. The van der Waals surface area contributed by atoms with E-state index in [0.29, 0.717) is 17.7 Å². The minimum absolute atomic E-state index is 0.179. The minimum atomic E-state index is -4.71. The number of carbonyl (C=O) groups is 1. The fraction of sp³-hybridized carbons (Fsp3) is 0.176. The number of anilines is 1. The zero-order chi connectivity index (χ0) is 21.6. The highest BCUT2D eigenvalue weighted by Gasteiger charge is 2.33. The summed E-state index contributed by atoms with van der Waals surface area (Å²) in [6.07, 6.45) is -3.47. The molecule has 0 spiro atoms. The average Bonchev–Trinajstić information content (AvgIpc) is 2.65. The van der Waals surface area contributed by atoms with Gasteiger partial charge in [0.1, 0.15) is 5.69 Å². The van der Waals surface area contributed by atoms with Gasteiger partial charge in [0.15, 0.2) is 18.1 Å². The molecule has 0 aromatic heterocycles. The van der Waals surface area contributed by atoms with Gasteiger partial charge in [-0.3, -0.25) is 15.5 Å². The highest BCUT2D eigenvalue weighted by atomic mass is 19.4.